The minimum absolute atomic E-state index is 0.0964. The van der Waals surface area contributed by atoms with Crippen LogP contribution in [0, 0.1) is 6.92 Å². The SMILES string of the molecule is Cc1cc(O)c2c(=O)cc([C@H](C)O)oc2c1. The number of rotatable bonds is 1. The minimum atomic E-state index is -0.847. The second-order valence-electron chi connectivity index (χ2n) is 3.85. The predicted octanol–water partition coefficient (Wildman–Crippen LogP) is 1.86. The fourth-order valence-corrected chi connectivity index (χ4v) is 1.63. The van der Waals surface area contributed by atoms with Gasteiger partial charge in [0.05, 0.1) is 0 Å². The average molecular weight is 220 g/mol. The minimum Gasteiger partial charge on any atom is -0.507 e. The zero-order valence-electron chi connectivity index (χ0n) is 9.02. The van der Waals surface area contributed by atoms with E-state index in [1.54, 1.807) is 13.0 Å². The van der Waals surface area contributed by atoms with E-state index in [1.165, 1.54) is 19.1 Å². The summed E-state index contributed by atoms with van der Waals surface area (Å²) in [5.41, 5.74) is 0.728. The average Bonchev–Trinajstić information content (AvgIpc) is 2.15. The van der Waals surface area contributed by atoms with Gasteiger partial charge in [0, 0.05) is 6.07 Å². The van der Waals surface area contributed by atoms with Crippen LogP contribution in [0.1, 0.15) is 24.4 Å². The topological polar surface area (TPSA) is 70.7 Å². The summed E-state index contributed by atoms with van der Waals surface area (Å²) in [7, 11) is 0. The Kier molecular flexibility index (Phi) is 2.44. The van der Waals surface area contributed by atoms with Gasteiger partial charge in [-0.2, -0.15) is 0 Å². The van der Waals surface area contributed by atoms with Gasteiger partial charge in [-0.3, -0.25) is 4.79 Å². The van der Waals surface area contributed by atoms with Crippen LogP contribution >= 0.6 is 0 Å². The lowest BCUT2D eigenvalue weighted by molar-refractivity contribution is 0.170. The van der Waals surface area contributed by atoms with Gasteiger partial charge in [-0.1, -0.05) is 0 Å². The maximum atomic E-state index is 11.7. The highest BCUT2D eigenvalue weighted by Gasteiger charge is 2.12. The molecule has 4 nitrogen and oxygen atoms in total. The summed E-state index contributed by atoms with van der Waals surface area (Å²) in [5, 5.41) is 19.1. The van der Waals surface area contributed by atoms with Crippen LogP contribution in [-0.2, 0) is 0 Å². The highest BCUT2D eigenvalue weighted by molar-refractivity contribution is 5.83. The van der Waals surface area contributed by atoms with Crippen molar-refractivity contribution in [3.05, 3.63) is 39.7 Å². The standard InChI is InChI=1S/C12H12O4/c1-6-3-8(14)12-9(15)5-10(7(2)13)16-11(12)4-6/h3-5,7,13-14H,1-2H3/t7-/m0/s1. The van der Waals surface area contributed by atoms with E-state index in [0.29, 0.717) is 5.58 Å². The van der Waals surface area contributed by atoms with Crippen LogP contribution < -0.4 is 5.43 Å². The molecule has 4 heteroatoms. The molecule has 0 spiro atoms. The van der Waals surface area contributed by atoms with E-state index in [-0.39, 0.29) is 22.3 Å². The lowest BCUT2D eigenvalue weighted by atomic mass is 10.1. The number of hydrogen-bond donors (Lipinski definition) is 2. The molecule has 0 unspecified atom stereocenters. The highest BCUT2D eigenvalue weighted by Crippen LogP contribution is 2.25. The van der Waals surface area contributed by atoms with Crippen molar-refractivity contribution in [1.82, 2.24) is 0 Å². The molecular formula is C12H12O4. The number of phenols is 1. The first kappa shape index (κ1) is 10.7. The van der Waals surface area contributed by atoms with E-state index >= 15 is 0 Å². The Morgan fingerprint density at radius 2 is 2.00 bits per heavy atom. The molecule has 2 rings (SSSR count). The molecule has 0 saturated heterocycles. The summed E-state index contributed by atoms with van der Waals surface area (Å²) in [5.74, 6) is 0.100. The summed E-state index contributed by atoms with van der Waals surface area (Å²) < 4.78 is 5.36. The second-order valence-corrected chi connectivity index (χ2v) is 3.85. The molecule has 0 radical (unpaired) electrons. The van der Waals surface area contributed by atoms with Crippen LogP contribution in [0.4, 0.5) is 0 Å². The molecule has 1 aromatic heterocycles. The zero-order valence-corrected chi connectivity index (χ0v) is 9.02. The van der Waals surface area contributed by atoms with Gasteiger partial charge in [0.2, 0.25) is 0 Å². The Morgan fingerprint density at radius 1 is 1.31 bits per heavy atom. The van der Waals surface area contributed by atoms with Gasteiger partial charge in [0.15, 0.2) is 5.43 Å². The van der Waals surface area contributed by atoms with E-state index in [2.05, 4.69) is 0 Å². The van der Waals surface area contributed by atoms with Crippen molar-refractivity contribution in [2.75, 3.05) is 0 Å². The first-order valence-corrected chi connectivity index (χ1v) is 4.94. The van der Waals surface area contributed by atoms with Crippen LogP contribution in [0.3, 0.4) is 0 Å². The largest absolute Gasteiger partial charge is 0.507 e. The Hall–Kier alpha value is -1.81. The van der Waals surface area contributed by atoms with E-state index in [4.69, 9.17) is 4.42 Å². The normalized spacial score (nSPS) is 12.9. The number of phenolic OH excluding ortho intramolecular Hbond substituents is 1. The fraction of sp³-hybridized carbons (Fsp3) is 0.250. The molecule has 0 amide bonds. The van der Waals surface area contributed by atoms with E-state index in [1.807, 2.05) is 0 Å². The van der Waals surface area contributed by atoms with Gasteiger partial charge in [-0.05, 0) is 31.5 Å². The number of aliphatic hydroxyl groups is 1. The summed E-state index contributed by atoms with van der Waals surface area (Å²) in [6.07, 6.45) is -0.847. The third kappa shape index (κ3) is 1.67. The molecule has 0 fully saturated rings. The molecule has 0 aliphatic heterocycles. The van der Waals surface area contributed by atoms with Crippen molar-refractivity contribution in [3.8, 4) is 5.75 Å². The van der Waals surface area contributed by atoms with Crippen LogP contribution in [0.25, 0.3) is 11.0 Å². The van der Waals surface area contributed by atoms with Gasteiger partial charge >= 0.3 is 0 Å². The molecule has 0 aliphatic carbocycles. The van der Waals surface area contributed by atoms with E-state index in [0.717, 1.165) is 5.56 Å². The lowest BCUT2D eigenvalue weighted by Crippen LogP contribution is -2.04. The van der Waals surface area contributed by atoms with Crippen molar-refractivity contribution in [1.29, 1.82) is 0 Å². The summed E-state index contributed by atoms with van der Waals surface area (Å²) in [6, 6.07) is 4.35. The molecule has 2 N–H and O–H groups in total. The molecule has 0 saturated carbocycles. The van der Waals surface area contributed by atoms with Gasteiger partial charge in [-0.15, -0.1) is 0 Å². The molecule has 84 valence electrons. The molecule has 1 aromatic carbocycles. The quantitative estimate of drug-likeness (QED) is 0.769. The first-order valence-electron chi connectivity index (χ1n) is 4.94. The maximum absolute atomic E-state index is 11.7. The molecular weight excluding hydrogens is 208 g/mol. The van der Waals surface area contributed by atoms with Crippen molar-refractivity contribution < 1.29 is 14.6 Å². The second kappa shape index (κ2) is 3.64. The van der Waals surface area contributed by atoms with E-state index in [9.17, 15) is 15.0 Å². The Morgan fingerprint density at radius 3 is 2.62 bits per heavy atom. The van der Waals surface area contributed by atoms with Gasteiger partial charge in [0.1, 0.15) is 28.6 Å². The number of benzene rings is 1. The third-order valence-electron chi connectivity index (χ3n) is 2.39. The molecule has 1 atom stereocenters. The molecule has 0 aliphatic rings. The third-order valence-corrected chi connectivity index (χ3v) is 2.39. The van der Waals surface area contributed by atoms with Crippen molar-refractivity contribution in [2.24, 2.45) is 0 Å². The van der Waals surface area contributed by atoms with Crippen LogP contribution in [0.2, 0.25) is 0 Å². The summed E-state index contributed by atoms with van der Waals surface area (Å²) in [6.45, 7) is 3.30. The number of aliphatic hydroxyl groups excluding tert-OH is 1. The smallest absolute Gasteiger partial charge is 0.196 e. The van der Waals surface area contributed by atoms with Gasteiger partial charge in [0.25, 0.3) is 0 Å². The summed E-state index contributed by atoms with van der Waals surface area (Å²) in [4.78, 5) is 11.7. The first-order chi connectivity index (χ1) is 7.49. The lowest BCUT2D eigenvalue weighted by Gasteiger charge is -2.06. The predicted molar refractivity (Wildman–Crippen MR) is 59.5 cm³/mol. The van der Waals surface area contributed by atoms with Gasteiger partial charge in [-0.25, -0.2) is 0 Å². The Bertz CT molecular complexity index is 596. The van der Waals surface area contributed by atoms with Crippen LogP contribution in [0.5, 0.6) is 5.75 Å². The molecule has 2 aromatic rings. The van der Waals surface area contributed by atoms with Crippen molar-refractivity contribution >= 4 is 11.0 Å². The highest BCUT2D eigenvalue weighted by atomic mass is 16.4. The molecule has 16 heavy (non-hydrogen) atoms. The number of hydrogen-bond acceptors (Lipinski definition) is 4. The Labute approximate surface area is 91.8 Å². The molecule has 1 heterocycles. The number of fused-ring (bicyclic) bond motifs is 1. The number of aromatic hydroxyl groups is 1. The van der Waals surface area contributed by atoms with E-state index < -0.39 is 6.10 Å². The van der Waals surface area contributed by atoms with Gasteiger partial charge < -0.3 is 14.6 Å². The zero-order chi connectivity index (χ0) is 11.9. The van der Waals surface area contributed by atoms with Crippen molar-refractivity contribution in [2.45, 2.75) is 20.0 Å². The Balaban J connectivity index is 2.87. The van der Waals surface area contributed by atoms with Crippen LogP contribution in [-0.4, -0.2) is 10.2 Å². The maximum Gasteiger partial charge on any atom is 0.196 e. The molecule has 0 bridgehead atoms. The summed E-state index contributed by atoms with van der Waals surface area (Å²) >= 11 is 0. The van der Waals surface area contributed by atoms with Crippen LogP contribution in [0.15, 0.2) is 27.4 Å². The fourth-order valence-electron chi connectivity index (χ4n) is 1.63. The van der Waals surface area contributed by atoms with Crippen molar-refractivity contribution in [3.63, 3.8) is 0 Å². The number of aryl methyl sites for hydroxylation is 1. The monoisotopic (exact) mass is 220 g/mol.